The Morgan fingerprint density at radius 3 is 2.65 bits per heavy atom. The zero-order valence-electron chi connectivity index (χ0n) is 14.2. The maximum Gasteiger partial charge on any atom is 0.341 e. The number of benzene rings is 1. The third kappa shape index (κ3) is 4.66. The summed E-state index contributed by atoms with van der Waals surface area (Å²) < 4.78 is 5.05. The van der Waals surface area contributed by atoms with Crippen LogP contribution >= 0.6 is 11.6 Å². The Bertz CT molecular complexity index is 720. The topological polar surface area (TPSA) is 95.9 Å². The Morgan fingerprint density at radius 2 is 2.00 bits per heavy atom. The lowest BCUT2D eigenvalue weighted by atomic mass is 9.96. The molecule has 140 valence electrons. The number of hydrogen-bond donors (Lipinski definition) is 2. The fraction of sp³-hybridized carbons (Fsp3) is 0.500. The Morgan fingerprint density at radius 1 is 1.23 bits per heavy atom. The van der Waals surface area contributed by atoms with Crippen molar-refractivity contribution < 1.29 is 24.2 Å². The predicted molar refractivity (Wildman–Crippen MR) is 95.2 cm³/mol. The van der Waals surface area contributed by atoms with Gasteiger partial charge in [-0.15, -0.1) is 0 Å². The van der Waals surface area contributed by atoms with E-state index in [-0.39, 0.29) is 34.4 Å². The van der Waals surface area contributed by atoms with Crippen LogP contribution < -0.4 is 10.1 Å². The fourth-order valence-corrected chi connectivity index (χ4v) is 3.29. The number of hydrogen-bond acceptors (Lipinski definition) is 4. The molecule has 3 rings (SSSR count). The van der Waals surface area contributed by atoms with E-state index < -0.39 is 12.6 Å². The average molecular weight is 381 g/mol. The normalized spacial score (nSPS) is 19.7. The lowest BCUT2D eigenvalue weighted by Crippen LogP contribution is -2.44. The van der Waals surface area contributed by atoms with E-state index in [1.54, 1.807) is 11.0 Å². The molecule has 1 saturated heterocycles. The summed E-state index contributed by atoms with van der Waals surface area (Å²) in [5.41, 5.74) is 0.508. The Hall–Kier alpha value is -2.28. The minimum Gasteiger partial charge on any atom is -0.480 e. The highest BCUT2D eigenvalue weighted by Crippen LogP contribution is 2.33. The van der Waals surface area contributed by atoms with Gasteiger partial charge in [0.05, 0.1) is 10.9 Å². The van der Waals surface area contributed by atoms with Crippen molar-refractivity contribution >= 4 is 35.1 Å². The standard InChI is InChI=1S/C18H21ClN2O5/c19-14-8-13(5-6-15(14)26-10-16(22)23)20-17(24)12-2-1-7-21(9-12)18(25)11-3-4-11/h5-6,8,11-12H,1-4,7,9-10H2,(H,20,24)(H,22,23). The number of carbonyl (C=O) groups excluding carboxylic acids is 2. The van der Waals surface area contributed by atoms with Crippen LogP contribution in [0.2, 0.25) is 5.02 Å². The lowest BCUT2D eigenvalue weighted by Gasteiger charge is -2.32. The van der Waals surface area contributed by atoms with E-state index >= 15 is 0 Å². The second-order valence-corrected chi connectivity index (χ2v) is 7.12. The van der Waals surface area contributed by atoms with Crippen LogP contribution in [0, 0.1) is 11.8 Å². The number of ether oxygens (including phenoxy) is 1. The SMILES string of the molecule is O=C(O)COc1ccc(NC(=O)C2CCCN(C(=O)C3CC3)C2)cc1Cl. The molecule has 1 heterocycles. The van der Waals surface area contributed by atoms with Gasteiger partial charge in [0.2, 0.25) is 11.8 Å². The van der Waals surface area contributed by atoms with Gasteiger partial charge in [0.25, 0.3) is 0 Å². The van der Waals surface area contributed by atoms with Crippen molar-refractivity contribution in [1.29, 1.82) is 0 Å². The van der Waals surface area contributed by atoms with Gasteiger partial charge >= 0.3 is 5.97 Å². The molecule has 1 aromatic rings. The molecule has 8 heteroatoms. The van der Waals surface area contributed by atoms with Gasteiger partial charge in [-0.3, -0.25) is 9.59 Å². The quantitative estimate of drug-likeness (QED) is 0.790. The Kier molecular flexibility index (Phi) is 5.66. The molecule has 1 aliphatic heterocycles. The summed E-state index contributed by atoms with van der Waals surface area (Å²) in [7, 11) is 0. The van der Waals surface area contributed by atoms with Crippen molar-refractivity contribution in [2.45, 2.75) is 25.7 Å². The number of rotatable bonds is 6. The minimum atomic E-state index is -1.10. The van der Waals surface area contributed by atoms with Crippen molar-refractivity contribution in [2.24, 2.45) is 11.8 Å². The first-order chi connectivity index (χ1) is 12.4. The number of halogens is 1. The van der Waals surface area contributed by atoms with Gasteiger partial charge < -0.3 is 20.1 Å². The van der Waals surface area contributed by atoms with E-state index in [1.165, 1.54) is 12.1 Å². The zero-order valence-corrected chi connectivity index (χ0v) is 15.0. The molecular weight excluding hydrogens is 360 g/mol. The summed E-state index contributed by atoms with van der Waals surface area (Å²) in [5.74, 6) is -0.909. The first-order valence-electron chi connectivity index (χ1n) is 8.68. The average Bonchev–Trinajstić information content (AvgIpc) is 3.45. The van der Waals surface area contributed by atoms with Crippen LogP contribution in [-0.2, 0) is 14.4 Å². The molecule has 0 bridgehead atoms. The van der Waals surface area contributed by atoms with Crippen LogP contribution in [0.4, 0.5) is 5.69 Å². The molecule has 1 aromatic carbocycles. The van der Waals surface area contributed by atoms with E-state index in [4.69, 9.17) is 21.4 Å². The summed E-state index contributed by atoms with van der Waals surface area (Å²) in [6.45, 7) is 0.688. The molecule has 1 unspecified atom stereocenters. The van der Waals surface area contributed by atoms with Gasteiger partial charge in [-0.1, -0.05) is 11.6 Å². The largest absolute Gasteiger partial charge is 0.480 e. The molecule has 0 aromatic heterocycles. The van der Waals surface area contributed by atoms with Gasteiger partial charge in [-0.05, 0) is 43.9 Å². The number of anilines is 1. The van der Waals surface area contributed by atoms with Gasteiger partial charge in [-0.2, -0.15) is 0 Å². The molecule has 2 N–H and O–H groups in total. The summed E-state index contributed by atoms with van der Waals surface area (Å²) in [4.78, 5) is 37.1. The summed E-state index contributed by atoms with van der Waals surface area (Å²) >= 11 is 6.07. The highest BCUT2D eigenvalue weighted by molar-refractivity contribution is 6.32. The second kappa shape index (κ2) is 7.95. The summed E-state index contributed by atoms with van der Waals surface area (Å²) in [6, 6.07) is 4.65. The molecule has 2 fully saturated rings. The smallest absolute Gasteiger partial charge is 0.341 e. The molecule has 1 aliphatic carbocycles. The predicted octanol–water partition coefficient (Wildman–Crippen LogP) is 2.39. The van der Waals surface area contributed by atoms with Gasteiger partial charge in [0.1, 0.15) is 5.75 Å². The molecule has 2 amide bonds. The van der Waals surface area contributed by atoms with Crippen molar-refractivity contribution in [3.05, 3.63) is 23.2 Å². The molecule has 1 saturated carbocycles. The Balaban J connectivity index is 1.57. The second-order valence-electron chi connectivity index (χ2n) is 6.71. The van der Waals surface area contributed by atoms with Crippen LogP contribution in [0.5, 0.6) is 5.75 Å². The van der Waals surface area contributed by atoms with E-state index in [0.717, 1.165) is 32.2 Å². The highest BCUT2D eigenvalue weighted by atomic mass is 35.5. The molecular formula is C18H21ClN2O5. The number of nitrogens with zero attached hydrogens (tertiary/aromatic N) is 1. The van der Waals surface area contributed by atoms with Crippen LogP contribution in [0.1, 0.15) is 25.7 Å². The first-order valence-corrected chi connectivity index (χ1v) is 9.05. The summed E-state index contributed by atoms with van der Waals surface area (Å²) in [6.07, 6.45) is 3.48. The number of nitrogens with one attached hydrogen (secondary N) is 1. The number of carboxylic acids is 1. The number of aliphatic carboxylic acids is 1. The number of piperidine rings is 1. The minimum absolute atomic E-state index is 0.145. The zero-order chi connectivity index (χ0) is 18.7. The molecule has 1 atom stereocenters. The van der Waals surface area contributed by atoms with Crippen LogP contribution in [0.3, 0.4) is 0 Å². The van der Waals surface area contributed by atoms with Gasteiger partial charge in [0.15, 0.2) is 6.61 Å². The molecule has 7 nitrogen and oxygen atoms in total. The summed E-state index contributed by atoms with van der Waals surface area (Å²) in [5, 5.41) is 11.7. The first kappa shape index (κ1) is 18.5. The maximum atomic E-state index is 12.5. The van der Waals surface area contributed by atoms with Crippen LogP contribution in [-0.4, -0.2) is 47.5 Å². The van der Waals surface area contributed by atoms with Crippen molar-refractivity contribution in [3.63, 3.8) is 0 Å². The van der Waals surface area contributed by atoms with Crippen molar-refractivity contribution in [1.82, 2.24) is 4.90 Å². The Labute approximate surface area is 156 Å². The van der Waals surface area contributed by atoms with E-state index in [0.29, 0.717) is 12.2 Å². The van der Waals surface area contributed by atoms with Crippen molar-refractivity contribution in [2.75, 3.05) is 25.0 Å². The van der Waals surface area contributed by atoms with Crippen LogP contribution in [0.15, 0.2) is 18.2 Å². The number of amides is 2. The number of likely N-dealkylation sites (tertiary alicyclic amines) is 1. The maximum absolute atomic E-state index is 12.5. The molecule has 26 heavy (non-hydrogen) atoms. The molecule has 0 radical (unpaired) electrons. The number of carbonyl (C=O) groups is 3. The van der Waals surface area contributed by atoms with Crippen LogP contribution in [0.25, 0.3) is 0 Å². The van der Waals surface area contributed by atoms with Gasteiger partial charge in [-0.25, -0.2) is 4.79 Å². The highest BCUT2D eigenvalue weighted by Gasteiger charge is 2.36. The van der Waals surface area contributed by atoms with E-state index in [2.05, 4.69) is 5.32 Å². The molecule has 2 aliphatic rings. The van der Waals surface area contributed by atoms with E-state index in [9.17, 15) is 14.4 Å². The fourth-order valence-electron chi connectivity index (χ4n) is 3.06. The van der Waals surface area contributed by atoms with Crippen molar-refractivity contribution in [3.8, 4) is 5.75 Å². The lowest BCUT2D eigenvalue weighted by molar-refractivity contribution is -0.139. The molecule has 0 spiro atoms. The monoisotopic (exact) mass is 380 g/mol. The third-order valence-corrected chi connectivity index (χ3v) is 4.88. The number of carboxylic acid groups (broad SMARTS) is 1. The van der Waals surface area contributed by atoms with Gasteiger partial charge in [0, 0.05) is 24.7 Å². The third-order valence-electron chi connectivity index (χ3n) is 4.58. The van der Waals surface area contributed by atoms with E-state index in [1.807, 2.05) is 0 Å².